The van der Waals surface area contributed by atoms with Crippen molar-refractivity contribution in [3.63, 3.8) is 0 Å². The van der Waals surface area contributed by atoms with Gasteiger partial charge in [0.05, 0.1) is 25.7 Å². The number of aliphatic carboxylic acids is 1. The van der Waals surface area contributed by atoms with E-state index < -0.39 is 34.9 Å². The van der Waals surface area contributed by atoms with Crippen molar-refractivity contribution in [3.8, 4) is 0 Å². The van der Waals surface area contributed by atoms with Gasteiger partial charge in [-0.2, -0.15) is 0 Å². The van der Waals surface area contributed by atoms with Crippen LogP contribution >= 0.6 is 0 Å². The van der Waals surface area contributed by atoms with Gasteiger partial charge in [-0.15, -0.1) is 0 Å². The summed E-state index contributed by atoms with van der Waals surface area (Å²) in [7, 11) is 1.90. The number of carboxylic acids is 1. The average molecular weight is 659 g/mol. The second-order valence-electron chi connectivity index (χ2n) is 17.2. The van der Waals surface area contributed by atoms with E-state index in [2.05, 4.69) is 65.2 Å². The predicted octanol–water partition coefficient (Wildman–Crippen LogP) is 5.62. The van der Waals surface area contributed by atoms with E-state index in [-0.39, 0.29) is 52.5 Å². The van der Waals surface area contributed by atoms with Crippen LogP contribution in [0, 0.1) is 56.7 Å². The van der Waals surface area contributed by atoms with Crippen LogP contribution in [0.25, 0.3) is 0 Å². The number of allylic oxidation sites excluding steroid dienone is 1. The molecule has 1 saturated heterocycles. The summed E-state index contributed by atoms with van der Waals surface area (Å²) in [6, 6.07) is 0. The third-order valence-electron chi connectivity index (χ3n) is 14.7. The first kappa shape index (κ1) is 36.3. The Bertz CT molecular complexity index is 1250. The van der Waals surface area contributed by atoms with Crippen LogP contribution in [-0.2, 0) is 28.6 Å². The van der Waals surface area contributed by atoms with Crippen molar-refractivity contribution in [2.45, 2.75) is 113 Å². The van der Waals surface area contributed by atoms with Gasteiger partial charge < -0.3 is 30.0 Å². The smallest absolute Gasteiger partial charge is 0.320 e. The van der Waals surface area contributed by atoms with Gasteiger partial charge in [-0.25, -0.2) is 0 Å². The van der Waals surface area contributed by atoms with Crippen LogP contribution in [0.4, 0.5) is 0 Å². The van der Waals surface area contributed by atoms with Gasteiger partial charge in [0.2, 0.25) is 0 Å². The molecule has 1 heterocycles. The monoisotopic (exact) mass is 658 g/mol. The lowest BCUT2D eigenvalue weighted by molar-refractivity contribution is -0.262. The molecular weight excluding hydrogens is 596 g/mol. The lowest BCUT2D eigenvalue weighted by Crippen LogP contribution is -2.70. The van der Waals surface area contributed by atoms with Gasteiger partial charge in [0.15, 0.2) is 0 Å². The molecule has 0 aromatic rings. The summed E-state index contributed by atoms with van der Waals surface area (Å²) in [6.45, 7) is 19.8. The molecule has 9 nitrogen and oxygen atoms in total. The molecule has 4 aliphatic carbocycles. The number of nitrogens with one attached hydrogen (secondary N) is 2. The van der Waals surface area contributed by atoms with E-state index in [1.807, 2.05) is 7.05 Å². The molecule has 1 aliphatic heterocycles. The van der Waals surface area contributed by atoms with Gasteiger partial charge in [0, 0.05) is 17.8 Å². The van der Waals surface area contributed by atoms with Gasteiger partial charge in [0.25, 0.3) is 0 Å². The highest BCUT2D eigenvalue weighted by Crippen LogP contribution is 2.75. The Morgan fingerprint density at radius 3 is 2.38 bits per heavy atom. The number of carbonyl (C=O) groups is 3. The van der Waals surface area contributed by atoms with Crippen LogP contribution in [0.1, 0.15) is 100 Å². The van der Waals surface area contributed by atoms with Crippen LogP contribution < -0.4 is 10.6 Å². The summed E-state index contributed by atoms with van der Waals surface area (Å²) in [6.07, 6.45) is 7.12. The number of rotatable bonds is 11. The molecule has 5 rings (SSSR count). The van der Waals surface area contributed by atoms with Crippen molar-refractivity contribution < 1.29 is 33.7 Å². The van der Waals surface area contributed by atoms with Crippen LogP contribution in [0.15, 0.2) is 11.6 Å². The minimum absolute atomic E-state index is 0.100. The van der Waals surface area contributed by atoms with E-state index in [0.717, 1.165) is 38.6 Å². The molecule has 11 atom stereocenters. The van der Waals surface area contributed by atoms with Crippen molar-refractivity contribution in [1.82, 2.24) is 10.6 Å². The Morgan fingerprint density at radius 2 is 1.74 bits per heavy atom. The van der Waals surface area contributed by atoms with Gasteiger partial charge in [-0.3, -0.25) is 14.4 Å². The molecule has 5 aliphatic rings. The SMILES string of the molecule is CNCCCNCC(=O)O[C@H]1[C@H](OC(C)=O)C[C@]23COC[C@@]1(C)[C@@H]2CC[C@H]1C3=CC[C@@]2(C)[C@H](C(=O)O)[C@@](C)([C@H](C)C(C)C)CC[C@]12C. The van der Waals surface area contributed by atoms with Crippen LogP contribution in [-0.4, -0.2) is 75.1 Å². The Labute approximate surface area is 282 Å². The second-order valence-corrected chi connectivity index (χ2v) is 17.2. The summed E-state index contributed by atoms with van der Waals surface area (Å²) >= 11 is 0. The highest BCUT2D eigenvalue weighted by atomic mass is 16.6. The number of esters is 2. The zero-order valence-corrected chi connectivity index (χ0v) is 30.5. The van der Waals surface area contributed by atoms with Crippen LogP contribution in [0.2, 0.25) is 0 Å². The maximum Gasteiger partial charge on any atom is 0.320 e. The van der Waals surface area contributed by atoms with Crippen molar-refractivity contribution in [2.24, 2.45) is 56.7 Å². The zero-order valence-electron chi connectivity index (χ0n) is 30.5. The summed E-state index contributed by atoms with van der Waals surface area (Å²) in [4.78, 5) is 39.1. The van der Waals surface area contributed by atoms with E-state index in [9.17, 15) is 19.5 Å². The summed E-state index contributed by atoms with van der Waals surface area (Å²) in [5, 5.41) is 17.2. The Kier molecular flexibility index (Phi) is 10.1. The van der Waals surface area contributed by atoms with Crippen molar-refractivity contribution in [3.05, 3.63) is 11.6 Å². The topological polar surface area (TPSA) is 123 Å². The molecule has 4 fully saturated rings. The molecule has 0 amide bonds. The molecular formula is C38H62N2O7. The Balaban J connectivity index is 1.50. The summed E-state index contributed by atoms with van der Waals surface area (Å²) in [5.74, 6) is -0.762. The number of fused-ring (bicyclic) bond motifs is 3. The van der Waals surface area contributed by atoms with Crippen LogP contribution in [0.5, 0.6) is 0 Å². The Hall–Kier alpha value is -1.97. The standard InChI is InChI=1S/C38H62N2O7/c1-23(2)24(3)34(5)15-16-36(7)26-11-12-29-35(6)21-45-22-38(29,27(26)13-14-37(36,8)31(34)33(43)44)19-28(46-25(4)41)32(35)47-30(42)20-40-18-10-17-39-9/h13,23-24,26,28-29,31-32,39-40H,10-12,14-22H2,1-9H3,(H,43,44)/t24-,26+,28-,29+,31-,32+,34-,35+,36-,37+,38-/m1/s1. The highest BCUT2D eigenvalue weighted by molar-refractivity contribution is 5.73. The molecule has 47 heavy (non-hydrogen) atoms. The van der Waals surface area contributed by atoms with E-state index >= 15 is 0 Å². The number of carboxylic acid groups (broad SMARTS) is 1. The first-order valence-corrected chi connectivity index (χ1v) is 18.2. The molecule has 0 radical (unpaired) electrons. The minimum atomic E-state index is -0.667. The average Bonchev–Trinajstić information content (AvgIpc) is 2.98. The zero-order chi connectivity index (χ0) is 34.6. The molecule has 0 spiro atoms. The summed E-state index contributed by atoms with van der Waals surface area (Å²) < 4.78 is 18.8. The van der Waals surface area contributed by atoms with Crippen molar-refractivity contribution >= 4 is 17.9 Å². The number of ether oxygens (including phenoxy) is 3. The molecule has 2 bridgehead atoms. The third-order valence-corrected chi connectivity index (χ3v) is 14.7. The van der Waals surface area contributed by atoms with Crippen molar-refractivity contribution in [1.29, 1.82) is 0 Å². The highest BCUT2D eigenvalue weighted by Gasteiger charge is 2.72. The summed E-state index contributed by atoms with van der Waals surface area (Å²) in [5.41, 5.74) is -0.438. The first-order valence-electron chi connectivity index (χ1n) is 18.2. The molecule has 9 heteroatoms. The van der Waals surface area contributed by atoms with Gasteiger partial charge in [-0.05, 0) is 105 Å². The molecule has 3 N–H and O–H groups in total. The van der Waals surface area contributed by atoms with E-state index in [0.29, 0.717) is 38.5 Å². The van der Waals surface area contributed by atoms with E-state index in [1.54, 1.807) is 0 Å². The lowest BCUT2D eigenvalue weighted by Gasteiger charge is -2.71. The van der Waals surface area contributed by atoms with Crippen LogP contribution in [0.3, 0.4) is 0 Å². The lowest BCUT2D eigenvalue weighted by atomic mass is 9.34. The molecule has 3 saturated carbocycles. The maximum atomic E-state index is 13.3. The first-order chi connectivity index (χ1) is 22.0. The Morgan fingerprint density at radius 1 is 1.02 bits per heavy atom. The molecule has 0 aromatic carbocycles. The number of hydrogen-bond acceptors (Lipinski definition) is 8. The minimum Gasteiger partial charge on any atom is -0.481 e. The number of hydrogen-bond donors (Lipinski definition) is 3. The molecule has 0 unspecified atom stereocenters. The van der Waals surface area contributed by atoms with E-state index in [1.165, 1.54) is 12.5 Å². The van der Waals surface area contributed by atoms with Crippen molar-refractivity contribution in [2.75, 3.05) is 39.9 Å². The fraction of sp³-hybridized carbons (Fsp3) is 0.868. The normalized spacial score (nSPS) is 43.1. The van der Waals surface area contributed by atoms with E-state index in [4.69, 9.17) is 14.2 Å². The van der Waals surface area contributed by atoms with Gasteiger partial charge >= 0.3 is 17.9 Å². The second kappa shape index (κ2) is 13.1. The van der Waals surface area contributed by atoms with Gasteiger partial charge in [0.1, 0.15) is 12.2 Å². The maximum absolute atomic E-state index is 13.3. The van der Waals surface area contributed by atoms with Gasteiger partial charge in [-0.1, -0.05) is 60.1 Å². The largest absolute Gasteiger partial charge is 0.481 e. The fourth-order valence-corrected chi connectivity index (χ4v) is 11.9. The quantitative estimate of drug-likeness (QED) is 0.148. The third kappa shape index (κ3) is 5.68. The predicted molar refractivity (Wildman–Crippen MR) is 180 cm³/mol. The molecule has 0 aromatic heterocycles. The fourth-order valence-electron chi connectivity index (χ4n) is 11.9. The molecule has 266 valence electrons. The number of carbonyl (C=O) groups excluding carboxylic acids is 2.